The predicted octanol–water partition coefficient (Wildman–Crippen LogP) is 12.0. The first-order valence-electron chi connectivity index (χ1n) is 16.6. The highest BCUT2D eigenvalue weighted by Crippen LogP contribution is 2.42. The van der Waals surface area contributed by atoms with Crippen LogP contribution in [0.15, 0.2) is 173 Å². The number of para-hydroxylation sites is 2. The molecule has 0 aliphatic rings. The third-order valence-corrected chi connectivity index (χ3v) is 9.36. The minimum atomic E-state index is 0.591. The summed E-state index contributed by atoms with van der Waals surface area (Å²) in [7, 11) is 0. The lowest BCUT2D eigenvalue weighted by molar-refractivity contribution is 0.669. The molecule has 0 radical (unpaired) electrons. The molecule has 0 atom stereocenters. The highest BCUT2D eigenvalue weighted by Gasteiger charge is 2.18. The number of fused-ring (bicyclic) bond motifs is 6. The molecule has 0 N–H and O–H groups in total. The zero-order valence-corrected chi connectivity index (χ0v) is 26.7. The zero-order valence-electron chi connectivity index (χ0n) is 26.7. The van der Waals surface area contributed by atoms with Crippen LogP contribution in [0.1, 0.15) is 0 Å². The van der Waals surface area contributed by atoms with Gasteiger partial charge in [-0.3, -0.25) is 0 Å². The van der Waals surface area contributed by atoms with Gasteiger partial charge in [-0.15, -0.1) is 0 Å². The Morgan fingerprint density at radius 1 is 0.300 bits per heavy atom. The van der Waals surface area contributed by atoms with Gasteiger partial charge in [-0.2, -0.15) is 0 Å². The molecule has 0 fully saturated rings. The van der Waals surface area contributed by atoms with Crippen LogP contribution in [0.5, 0.6) is 0 Å². The van der Waals surface area contributed by atoms with Crippen molar-refractivity contribution in [1.29, 1.82) is 0 Å². The molecule has 7 aromatic carbocycles. The monoisotopic (exact) mass is 641 g/mol. The van der Waals surface area contributed by atoms with Crippen molar-refractivity contribution < 1.29 is 8.83 Å². The number of benzene rings is 7. The molecule has 0 spiro atoms. The Morgan fingerprint density at radius 3 is 1.62 bits per heavy atom. The van der Waals surface area contributed by atoms with Gasteiger partial charge in [0.25, 0.3) is 0 Å². The van der Waals surface area contributed by atoms with E-state index in [1.165, 1.54) is 0 Å². The summed E-state index contributed by atoms with van der Waals surface area (Å²) in [6.45, 7) is 0. The summed E-state index contributed by atoms with van der Waals surface area (Å²) in [4.78, 5) is 14.7. The van der Waals surface area contributed by atoms with E-state index in [-0.39, 0.29) is 0 Å². The minimum Gasteiger partial charge on any atom is -0.456 e. The van der Waals surface area contributed by atoms with E-state index in [0.29, 0.717) is 17.5 Å². The second kappa shape index (κ2) is 11.4. The van der Waals surface area contributed by atoms with E-state index in [1.807, 2.05) is 78.9 Å². The van der Waals surface area contributed by atoms with Crippen LogP contribution in [0.3, 0.4) is 0 Å². The highest BCUT2D eigenvalue weighted by molar-refractivity contribution is 6.12. The second-order valence-corrected chi connectivity index (χ2v) is 12.4. The molecular formula is C45H27N3O2. The van der Waals surface area contributed by atoms with Crippen molar-refractivity contribution in [2.75, 3.05) is 0 Å². The van der Waals surface area contributed by atoms with Gasteiger partial charge in [0.2, 0.25) is 0 Å². The molecule has 0 saturated carbocycles. The lowest BCUT2D eigenvalue weighted by Gasteiger charge is -2.11. The average molecular weight is 642 g/mol. The number of hydrogen-bond donors (Lipinski definition) is 0. The van der Waals surface area contributed by atoms with Crippen LogP contribution in [0.25, 0.3) is 100 Å². The van der Waals surface area contributed by atoms with Crippen molar-refractivity contribution in [3.05, 3.63) is 164 Å². The quantitative estimate of drug-likeness (QED) is 0.187. The van der Waals surface area contributed by atoms with Crippen LogP contribution < -0.4 is 0 Å². The van der Waals surface area contributed by atoms with Gasteiger partial charge >= 0.3 is 0 Å². The zero-order chi connectivity index (χ0) is 33.0. The summed E-state index contributed by atoms with van der Waals surface area (Å²) >= 11 is 0. The first-order valence-corrected chi connectivity index (χ1v) is 16.6. The molecule has 5 heteroatoms. The van der Waals surface area contributed by atoms with Crippen LogP contribution in [0.2, 0.25) is 0 Å². The smallest absolute Gasteiger partial charge is 0.164 e. The van der Waals surface area contributed by atoms with Gasteiger partial charge in [0.1, 0.15) is 22.3 Å². The summed E-state index contributed by atoms with van der Waals surface area (Å²) in [6.07, 6.45) is 0. The van der Waals surface area contributed by atoms with Gasteiger partial charge in [0, 0.05) is 43.8 Å². The van der Waals surface area contributed by atoms with Gasteiger partial charge in [-0.25, -0.2) is 15.0 Å². The molecule has 3 aromatic heterocycles. The van der Waals surface area contributed by atoms with Gasteiger partial charge in [-0.1, -0.05) is 133 Å². The van der Waals surface area contributed by atoms with Gasteiger partial charge in [0.15, 0.2) is 17.5 Å². The van der Waals surface area contributed by atoms with Crippen molar-refractivity contribution in [3.8, 4) is 56.4 Å². The highest BCUT2D eigenvalue weighted by atomic mass is 16.3. The Hall–Kier alpha value is -6.85. The summed E-state index contributed by atoms with van der Waals surface area (Å²) in [6, 6.07) is 55.8. The fourth-order valence-electron chi connectivity index (χ4n) is 6.95. The van der Waals surface area contributed by atoms with Crippen molar-refractivity contribution >= 4 is 43.9 Å². The topological polar surface area (TPSA) is 65.0 Å². The molecule has 5 nitrogen and oxygen atoms in total. The molecule has 0 saturated heterocycles. The summed E-state index contributed by atoms with van der Waals surface area (Å²) in [5.41, 5.74) is 10.5. The van der Waals surface area contributed by atoms with Crippen molar-refractivity contribution in [2.45, 2.75) is 0 Å². The van der Waals surface area contributed by atoms with Crippen molar-refractivity contribution in [1.82, 2.24) is 15.0 Å². The fraction of sp³-hybridized carbons (Fsp3) is 0. The molecule has 3 heterocycles. The first kappa shape index (κ1) is 28.2. The third-order valence-electron chi connectivity index (χ3n) is 9.36. The first-order chi connectivity index (χ1) is 24.8. The molecule has 0 aliphatic carbocycles. The Bertz CT molecular complexity index is 2810. The Kier molecular flexibility index (Phi) is 6.42. The maximum Gasteiger partial charge on any atom is 0.164 e. The normalized spacial score (nSPS) is 11.6. The fourth-order valence-corrected chi connectivity index (χ4v) is 6.95. The molecule has 50 heavy (non-hydrogen) atoms. The van der Waals surface area contributed by atoms with Crippen LogP contribution in [0, 0.1) is 0 Å². The largest absolute Gasteiger partial charge is 0.456 e. The van der Waals surface area contributed by atoms with Crippen molar-refractivity contribution in [2.24, 2.45) is 0 Å². The van der Waals surface area contributed by atoms with Gasteiger partial charge in [-0.05, 0) is 47.0 Å². The third kappa shape index (κ3) is 4.67. The number of furan rings is 2. The Labute approximate surface area is 287 Å². The lowest BCUT2D eigenvalue weighted by atomic mass is 9.93. The van der Waals surface area contributed by atoms with Crippen LogP contribution in [-0.2, 0) is 0 Å². The van der Waals surface area contributed by atoms with Crippen molar-refractivity contribution in [3.63, 3.8) is 0 Å². The molecular weight excluding hydrogens is 615 g/mol. The number of hydrogen-bond acceptors (Lipinski definition) is 5. The van der Waals surface area contributed by atoms with E-state index < -0.39 is 0 Å². The average Bonchev–Trinajstić information content (AvgIpc) is 3.76. The molecule has 0 aliphatic heterocycles. The van der Waals surface area contributed by atoms with E-state index >= 15 is 0 Å². The minimum absolute atomic E-state index is 0.591. The lowest BCUT2D eigenvalue weighted by Crippen LogP contribution is -2.00. The maximum atomic E-state index is 6.75. The van der Waals surface area contributed by atoms with Crippen LogP contribution in [-0.4, -0.2) is 15.0 Å². The van der Waals surface area contributed by atoms with E-state index in [9.17, 15) is 0 Å². The molecule has 234 valence electrons. The summed E-state index contributed by atoms with van der Waals surface area (Å²) in [5, 5.41) is 4.31. The molecule has 10 aromatic rings. The van der Waals surface area contributed by atoms with E-state index in [2.05, 4.69) is 84.9 Å². The van der Waals surface area contributed by atoms with Gasteiger partial charge < -0.3 is 8.83 Å². The van der Waals surface area contributed by atoms with E-state index in [1.54, 1.807) is 0 Å². The Morgan fingerprint density at radius 2 is 0.860 bits per heavy atom. The molecule has 0 amide bonds. The number of rotatable bonds is 5. The van der Waals surface area contributed by atoms with Gasteiger partial charge in [0.05, 0.1) is 0 Å². The molecule has 0 bridgehead atoms. The number of nitrogens with zero attached hydrogens (tertiary/aromatic N) is 3. The standard InChI is InChI=1S/C45H27N3O2/c1-3-12-28(13-4-1)43-46-44(29-14-5-2-6-15-29)48-45(47-43)31-22-24-35-37-20-11-19-36(42(37)50-41(35)27-31)33-17-8-7-16-32(33)30-23-25-40-38(26-30)34-18-9-10-21-39(34)49-40/h1-27H. The predicted molar refractivity (Wildman–Crippen MR) is 202 cm³/mol. The molecule has 10 rings (SSSR count). The molecule has 0 unspecified atom stereocenters. The van der Waals surface area contributed by atoms with Crippen LogP contribution in [0.4, 0.5) is 0 Å². The van der Waals surface area contributed by atoms with Crippen LogP contribution >= 0.6 is 0 Å². The maximum absolute atomic E-state index is 6.75. The Balaban J connectivity index is 1.11. The second-order valence-electron chi connectivity index (χ2n) is 12.4. The van der Waals surface area contributed by atoms with E-state index in [0.717, 1.165) is 82.8 Å². The summed E-state index contributed by atoms with van der Waals surface area (Å²) in [5.74, 6) is 1.84. The summed E-state index contributed by atoms with van der Waals surface area (Å²) < 4.78 is 12.9. The SMILES string of the molecule is c1ccc(-c2nc(-c3ccccc3)nc(-c3ccc4c(c3)oc3c(-c5ccccc5-c5ccc6oc7ccccc7c6c5)cccc34)n2)cc1. The number of aromatic nitrogens is 3. The van der Waals surface area contributed by atoms with E-state index in [4.69, 9.17) is 23.8 Å².